The van der Waals surface area contributed by atoms with E-state index in [1.807, 2.05) is 0 Å². The molecule has 0 spiro atoms. The molecule has 1 aliphatic rings. The summed E-state index contributed by atoms with van der Waals surface area (Å²) >= 11 is 12.0. The molecular formula is C25H37Cl2N3O3. The maximum Gasteiger partial charge on any atom is 0.324 e. The first-order valence-corrected chi connectivity index (χ1v) is 13.0. The van der Waals surface area contributed by atoms with Crippen molar-refractivity contribution in [2.24, 2.45) is 0 Å². The van der Waals surface area contributed by atoms with E-state index in [-0.39, 0.29) is 24.8 Å². The predicted octanol–water partition coefficient (Wildman–Crippen LogP) is 6.23. The first-order chi connectivity index (χ1) is 15.9. The summed E-state index contributed by atoms with van der Waals surface area (Å²) in [4.78, 5) is 38.5. The van der Waals surface area contributed by atoms with E-state index in [0.29, 0.717) is 23.0 Å². The predicted molar refractivity (Wildman–Crippen MR) is 133 cm³/mol. The topological polar surface area (TPSA) is 78.5 Å². The highest BCUT2D eigenvalue weighted by Gasteiger charge is 2.40. The van der Waals surface area contributed by atoms with Crippen molar-refractivity contribution in [3.05, 3.63) is 33.8 Å². The third kappa shape index (κ3) is 9.54. The van der Waals surface area contributed by atoms with Crippen LogP contribution in [0.1, 0.15) is 89.5 Å². The molecule has 1 saturated heterocycles. The van der Waals surface area contributed by atoms with E-state index in [1.165, 1.54) is 44.9 Å². The number of carbonyl (C=O) groups is 3. The van der Waals surface area contributed by atoms with Gasteiger partial charge in [0.1, 0.15) is 6.04 Å². The van der Waals surface area contributed by atoms with Crippen molar-refractivity contribution < 1.29 is 14.4 Å². The molecule has 1 heterocycles. The van der Waals surface area contributed by atoms with Crippen molar-refractivity contribution in [1.29, 1.82) is 0 Å². The van der Waals surface area contributed by atoms with Crippen LogP contribution in [-0.4, -0.2) is 35.3 Å². The van der Waals surface area contributed by atoms with Crippen LogP contribution in [0.3, 0.4) is 0 Å². The highest BCUT2D eigenvalue weighted by atomic mass is 35.5. The first kappa shape index (κ1) is 27.5. The minimum Gasteiger partial charge on any atom is -0.350 e. The fraction of sp³-hybridized carbons (Fsp3) is 0.640. The number of nitrogens with zero attached hydrogens (tertiary/aromatic N) is 1. The molecule has 1 aromatic rings. The van der Waals surface area contributed by atoms with E-state index >= 15 is 0 Å². The van der Waals surface area contributed by atoms with Crippen LogP contribution in [0.15, 0.2) is 18.2 Å². The lowest BCUT2D eigenvalue weighted by Crippen LogP contribution is -2.51. The van der Waals surface area contributed by atoms with Gasteiger partial charge in [-0.05, 0) is 30.5 Å². The number of carbonyl (C=O) groups excluding carboxylic acids is 3. The maximum absolute atomic E-state index is 12.7. The van der Waals surface area contributed by atoms with Crippen LogP contribution >= 0.6 is 23.2 Å². The van der Waals surface area contributed by atoms with Crippen LogP contribution in [0.25, 0.3) is 0 Å². The smallest absolute Gasteiger partial charge is 0.324 e. The van der Waals surface area contributed by atoms with Crippen molar-refractivity contribution >= 4 is 41.0 Å². The Morgan fingerprint density at radius 3 is 2.24 bits per heavy atom. The number of likely N-dealkylation sites (tertiary alicyclic amines) is 1. The second-order valence-corrected chi connectivity index (χ2v) is 9.53. The Kier molecular flexibility index (Phi) is 12.6. The molecule has 2 N–H and O–H groups in total. The third-order valence-electron chi connectivity index (χ3n) is 6.01. The van der Waals surface area contributed by atoms with Crippen molar-refractivity contribution in [3.63, 3.8) is 0 Å². The zero-order valence-electron chi connectivity index (χ0n) is 19.6. The Labute approximate surface area is 207 Å². The Morgan fingerprint density at radius 2 is 1.61 bits per heavy atom. The molecule has 0 aliphatic carbocycles. The van der Waals surface area contributed by atoms with Gasteiger partial charge in [0.2, 0.25) is 11.8 Å². The molecule has 1 atom stereocenters. The van der Waals surface area contributed by atoms with Crippen LogP contribution in [0.4, 0.5) is 4.79 Å². The van der Waals surface area contributed by atoms with Gasteiger partial charge < -0.3 is 10.6 Å². The highest BCUT2D eigenvalue weighted by Crippen LogP contribution is 2.22. The van der Waals surface area contributed by atoms with E-state index in [2.05, 4.69) is 17.6 Å². The van der Waals surface area contributed by atoms with E-state index < -0.39 is 12.1 Å². The van der Waals surface area contributed by atoms with Gasteiger partial charge in [0.25, 0.3) is 0 Å². The number of urea groups is 1. The van der Waals surface area contributed by atoms with Crippen LogP contribution in [0, 0.1) is 0 Å². The number of nitrogens with one attached hydrogen (secondary N) is 2. The number of imide groups is 1. The van der Waals surface area contributed by atoms with Gasteiger partial charge in [-0.25, -0.2) is 4.79 Å². The van der Waals surface area contributed by atoms with Crippen molar-refractivity contribution in [2.75, 3.05) is 6.54 Å². The lowest BCUT2D eigenvalue weighted by atomic mass is 10.1. The van der Waals surface area contributed by atoms with Crippen LogP contribution in [0.2, 0.25) is 10.0 Å². The highest BCUT2D eigenvalue weighted by molar-refractivity contribution is 6.35. The monoisotopic (exact) mass is 497 g/mol. The summed E-state index contributed by atoms with van der Waals surface area (Å²) in [6.45, 7) is 2.94. The number of hydrogen-bond donors (Lipinski definition) is 2. The summed E-state index contributed by atoms with van der Waals surface area (Å²) in [7, 11) is 0. The lowest BCUT2D eigenvalue weighted by molar-refractivity contribution is -0.132. The summed E-state index contributed by atoms with van der Waals surface area (Å²) in [6.07, 6.45) is 12.7. The fourth-order valence-electron chi connectivity index (χ4n) is 4.04. The van der Waals surface area contributed by atoms with Gasteiger partial charge in [0, 0.05) is 29.6 Å². The second-order valence-electron chi connectivity index (χ2n) is 8.69. The molecule has 4 amide bonds. The van der Waals surface area contributed by atoms with Gasteiger partial charge in [0.05, 0.1) is 0 Å². The van der Waals surface area contributed by atoms with E-state index in [1.54, 1.807) is 18.2 Å². The van der Waals surface area contributed by atoms with E-state index in [4.69, 9.17) is 23.2 Å². The molecule has 1 aliphatic heterocycles. The van der Waals surface area contributed by atoms with E-state index in [9.17, 15) is 14.4 Å². The molecular weight excluding hydrogens is 461 g/mol. The van der Waals surface area contributed by atoms with Gasteiger partial charge in [-0.2, -0.15) is 0 Å². The molecule has 184 valence electrons. The number of hydrogen-bond acceptors (Lipinski definition) is 3. The minimum absolute atomic E-state index is 0.186. The Hall–Kier alpha value is -1.79. The van der Waals surface area contributed by atoms with Crippen LogP contribution in [0.5, 0.6) is 0 Å². The molecule has 8 heteroatoms. The Morgan fingerprint density at radius 1 is 0.970 bits per heavy atom. The third-order valence-corrected chi connectivity index (χ3v) is 6.60. The van der Waals surface area contributed by atoms with Crippen molar-refractivity contribution in [1.82, 2.24) is 15.5 Å². The second kappa shape index (κ2) is 15.2. The zero-order chi connectivity index (χ0) is 24.1. The standard InChI is InChI=1S/C25H37Cl2N3O3/c1-2-3-4-5-6-7-8-9-10-11-16-28-25(33)30-22(14-15-23(30)31)24(32)29-18-19-12-13-20(26)17-21(19)27/h12-13,17,22H,2-11,14-16,18H2,1H3,(H,28,33)(H,29,32). The van der Waals surface area contributed by atoms with Gasteiger partial charge in [-0.3, -0.25) is 14.5 Å². The number of halogens is 2. The summed E-state index contributed by atoms with van der Waals surface area (Å²) in [5, 5.41) is 6.55. The largest absolute Gasteiger partial charge is 0.350 e. The molecule has 1 fully saturated rings. The molecule has 1 aromatic carbocycles. The summed E-state index contributed by atoms with van der Waals surface area (Å²) in [5.41, 5.74) is 0.718. The van der Waals surface area contributed by atoms with Gasteiger partial charge in [-0.15, -0.1) is 0 Å². The number of unbranched alkanes of at least 4 members (excludes halogenated alkanes) is 9. The lowest BCUT2D eigenvalue weighted by Gasteiger charge is -2.22. The molecule has 2 rings (SSSR count). The summed E-state index contributed by atoms with van der Waals surface area (Å²) in [6, 6.07) is 3.76. The zero-order valence-corrected chi connectivity index (χ0v) is 21.1. The Balaban J connectivity index is 1.67. The van der Waals surface area contributed by atoms with Gasteiger partial charge in [-0.1, -0.05) is 94.0 Å². The van der Waals surface area contributed by atoms with Gasteiger partial charge >= 0.3 is 6.03 Å². The number of amides is 4. The molecule has 0 bridgehead atoms. The average molecular weight is 498 g/mol. The summed E-state index contributed by atoms with van der Waals surface area (Å²) < 4.78 is 0. The van der Waals surface area contributed by atoms with E-state index in [0.717, 1.165) is 29.7 Å². The SMILES string of the molecule is CCCCCCCCCCCCNC(=O)N1C(=O)CCC1C(=O)NCc1ccc(Cl)cc1Cl. The quantitative estimate of drug-likeness (QED) is 0.299. The fourth-order valence-corrected chi connectivity index (χ4v) is 4.52. The summed E-state index contributed by atoms with van der Waals surface area (Å²) in [5.74, 6) is -0.679. The minimum atomic E-state index is -0.795. The molecule has 0 saturated carbocycles. The number of benzene rings is 1. The Bertz CT molecular complexity index is 788. The van der Waals surface area contributed by atoms with Crippen LogP contribution in [-0.2, 0) is 16.1 Å². The van der Waals surface area contributed by atoms with Crippen molar-refractivity contribution in [3.8, 4) is 0 Å². The molecule has 33 heavy (non-hydrogen) atoms. The molecule has 0 aromatic heterocycles. The molecule has 6 nitrogen and oxygen atoms in total. The van der Waals surface area contributed by atoms with Gasteiger partial charge in [0.15, 0.2) is 0 Å². The molecule has 1 unspecified atom stereocenters. The maximum atomic E-state index is 12.7. The first-order valence-electron chi connectivity index (χ1n) is 12.3. The normalized spacial score (nSPS) is 15.7. The average Bonchev–Trinajstić information content (AvgIpc) is 3.18. The van der Waals surface area contributed by atoms with Crippen molar-refractivity contribution in [2.45, 2.75) is 96.6 Å². The van der Waals surface area contributed by atoms with Crippen LogP contribution < -0.4 is 10.6 Å². The molecule has 0 radical (unpaired) electrons. The number of rotatable bonds is 14.